The van der Waals surface area contributed by atoms with Crippen LogP contribution in [0.5, 0.6) is 0 Å². The second kappa shape index (κ2) is 5.15. The number of rotatable bonds is 1. The van der Waals surface area contributed by atoms with Crippen LogP contribution < -0.4 is 0 Å². The molecule has 0 aromatic rings. The fourth-order valence-corrected chi connectivity index (χ4v) is 3.33. The predicted octanol–water partition coefficient (Wildman–Crippen LogP) is 2.47. The lowest BCUT2D eigenvalue weighted by Crippen LogP contribution is -2.31. The van der Waals surface area contributed by atoms with Crippen molar-refractivity contribution in [3.8, 4) is 0 Å². The molecular weight excluding hydrogens is 226 g/mol. The third-order valence-electron chi connectivity index (χ3n) is 3.39. The van der Waals surface area contributed by atoms with E-state index in [2.05, 4.69) is 4.90 Å². The molecule has 3 rings (SSSR count). The molecule has 2 heterocycles. The molecule has 0 atom stereocenters. The van der Waals surface area contributed by atoms with Crippen LogP contribution in [0.3, 0.4) is 0 Å². The van der Waals surface area contributed by atoms with E-state index in [1.807, 2.05) is 0 Å². The van der Waals surface area contributed by atoms with E-state index < -0.39 is 0 Å². The molecule has 4 heteroatoms. The number of carbonyl (C=O) groups excluding carboxylic acids is 1. The van der Waals surface area contributed by atoms with Gasteiger partial charge in [-0.05, 0) is 37.5 Å². The molecule has 0 spiro atoms. The van der Waals surface area contributed by atoms with Gasteiger partial charge in [0.25, 0.3) is 0 Å². The Morgan fingerprint density at radius 3 is 2.27 bits per heavy atom. The average Bonchev–Trinajstić information content (AvgIpc) is 2.58. The number of hydrogen-bond donors (Lipinski definition) is 0. The molecule has 0 amide bonds. The Kier molecular flexibility index (Phi) is 3.84. The van der Waals surface area contributed by atoms with Gasteiger partial charge in [-0.3, -0.25) is 0 Å². The van der Waals surface area contributed by atoms with Gasteiger partial charge in [-0.15, -0.1) is 0 Å². The highest BCUT2D eigenvalue weighted by molar-refractivity contribution is 8.24. The first-order chi connectivity index (χ1) is 7.29. The van der Waals surface area contributed by atoms with Crippen molar-refractivity contribution in [2.45, 2.75) is 25.7 Å². The molecule has 82 valence electrons. The summed E-state index contributed by atoms with van der Waals surface area (Å²) < 4.78 is 0.845. The highest BCUT2D eigenvalue weighted by atomic mass is 32.2. The summed E-state index contributed by atoms with van der Waals surface area (Å²) in [6.45, 7) is 2.18. The molecule has 0 unspecified atom stereocenters. The zero-order valence-corrected chi connectivity index (χ0v) is 10.3. The number of thiocarbonyl (C=S) groups is 1. The van der Waals surface area contributed by atoms with E-state index in [1.165, 1.54) is 42.9 Å². The van der Waals surface area contributed by atoms with Crippen molar-refractivity contribution in [1.82, 2.24) is 4.90 Å². The molecule has 0 N–H and O–H groups in total. The minimum absolute atomic E-state index is 0.822. The second-order valence-corrected chi connectivity index (χ2v) is 5.91. The van der Waals surface area contributed by atoms with E-state index in [0.29, 0.717) is 0 Å². The maximum atomic E-state index is 10.1. The lowest BCUT2D eigenvalue weighted by atomic mass is 9.84. The summed E-state index contributed by atoms with van der Waals surface area (Å²) >= 11 is 6.64. The van der Waals surface area contributed by atoms with Gasteiger partial charge >= 0.3 is 0 Å². The first-order valence-corrected chi connectivity index (χ1v) is 6.73. The first-order valence-electron chi connectivity index (χ1n) is 5.44. The Hall–Kier alpha value is -0.310. The van der Waals surface area contributed by atoms with Crippen LogP contribution in [0.2, 0.25) is 0 Å². The van der Waals surface area contributed by atoms with Crippen molar-refractivity contribution >= 4 is 34.2 Å². The standard InChI is InChI=1S/C11H15NOS2/c13-5-6-15-11(14)12-7-9-1-2-10(8-12)4-3-9/h6,9-10H,1-4,7-8H2. The van der Waals surface area contributed by atoms with Crippen molar-refractivity contribution in [3.63, 3.8) is 0 Å². The average molecular weight is 241 g/mol. The summed E-state index contributed by atoms with van der Waals surface area (Å²) in [6, 6.07) is 0. The minimum atomic E-state index is 0.822. The maximum absolute atomic E-state index is 10.1. The highest BCUT2D eigenvalue weighted by Crippen LogP contribution is 2.34. The van der Waals surface area contributed by atoms with E-state index in [-0.39, 0.29) is 0 Å². The molecular formula is C11H15NOS2. The third kappa shape index (κ3) is 2.83. The first kappa shape index (κ1) is 11.2. The number of thioether (sulfide) groups is 1. The SMILES string of the molecule is O=C=CSC(=S)N1CC2CCC(CC2)C1. The van der Waals surface area contributed by atoms with E-state index in [4.69, 9.17) is 12.2 Å². The van der Waals surface area contributed by atoms with Gasteiger partial charge in [0.15, 0.2) is 0 Å². The lowest BCUT2D eigenvalue weighted by Gasteiger charge is -2.23. The van der Waals surface area contributed by atoms with Gasteiger partial charge in [-0.25, -0.2) is 4.79 Å². The van der Waals surface area contributed by atoms with Gasteiger partial charge in [0.05, 0.1) is 5.41 Å². The van der Waals surface area contributed by atoms with Gasteiger partial charge < -0.3 is 4.90 Å². The van der Waals surface area contributed by atoms with E-state index in [1.54, 1.807) is 5.94 Å². The number of hydrogen-bond acceptors (Lipinski definition) is 3. The van der Waals surface area contributed by atoms with Gasteiger partial charge in [-0.2, -0.15) is 0 Å². The van der Waals surface area contributed by atoms with Gasteiger partial charge in [0.2, 0.25) is 0 Å². The Bertz CT molecular complexity index is 277. The summed E-state index contributed by atoms with van der Waals surface area (Å²) in [6.07, 6.45) is 5.44. The summed E-state index contributed by atoms with van der Waals surface area (Å²) in [5.41, 5.74) is 0. The monoisotopic (exact) mass is 241 g/mol. The summed E-state index contributed by atoms with van der Waals surface area (Å²) in [7, 11) is 0. The number of fused-ring (bicyclic) bond motifs is 4. The van der Waals surface area contributed by atoms with Crippen LogP contribution in [-0.4, -0.2) is 28.3 Å². The van der Waals surface area contributed by atoms with Crippen LogP contribution >= 0.6 is 24.0 Å². The molecule has 1 aliphatic carbocycles. The molecule has 0 radical (unpaired) electrons. The molecule has 15 heavy (non-hydrogen) atoms. The van der Waals surface area contributed by atoms with E-state index >= 15 is 0 Å². The van der Waals surface area contributed by atoms with E-state index in [0.717, 1.165) is 29.2 Å². The van der Waals surface area contributed by atoms with Gasteiger partial charge in [-0.1, -0.05) is 24.0 Å². The molecule has 2 aliphatic heterocycles. The largest absolute Gasteiger partial charge is 0.357 e. The van der Waals surface area contributed by atoms with Gasteiger partial charge in [0, 0.05) is 13.1 Å². The third-order valence-corrected chi connectivity index (χ3v) is 4.61. The van der Waals surface area contributed by atoms with Crippen LogP contribution in [0.4, 0.5) is 0 Å². The Morgan fingerprint density at radius 1 is 1.27 bits per heavy atom. The molecule has 2 nitrogen and oxygen atoms in total. The van der Waals surface area contributed by atoms with Crippen LogP contribution in [0.25, 0.3) is 0 Å². The van der Waals surface area contributed by atoms with Crippen LogP contribution in [0, 0.1) is 11.8 Å². The van der Waals surface area contributed by atoms with Crippen molar-refractivity contribution in [2.24, 2.45) is 11.8 Å². The predicted molar refractivity (Wildman–Crippen MR) is 67.5 cm³/mol. The van der Waals surface area contributed by atoms with E-state index in [9.17, 15) is 4.79 Å². The molecule has 3 aliphatic rings. The van der Waals surface area contributed by atoms with Crippen molar-refractivity contribution in [2.75, 3.05) is 13.1 Å². The Morgan fingerprint density at radius 2 is 1.80 bits per heavy atom. The summed E-state index contributed by atoms with van der Waals surface area (Å²) in [5.74, 6) is 3.41. The van der Waals surface area contributed by atoms with Crippen molar-refractivity contribution in [3.05, 3.63) is 5.41 Å². The van der Waals surface area contributed by atoms with Crippen LogP contribution in [0.15, 0.2) is 5.41 Å². The normalized spacial score (nSPS) is 29.5. The number of nitrogens with zero attached hydrogens (tertiary/aromatic N) is 1. The molecule has 3 fully saturated rings. The van der Waals surface area contributed by atoms with Crippen molar-refractivity contribution in [1.29, 1.82) is 0 Å². The summed E-state index contributed by atoms with van der Waals surface area (Å²) in [4.78, 5) is 12.4. The van der Waals surface area contributed by atoms with Crippen LogP contribution in [-0.2, 0) is 4.79 Å². The summed E-state index contributed by atoms with van der Waals surface area (Å²) in [5, 5.41) is 1.41. The molecule has 2 saturated heterocycles. The molecule has 0 aromatic carbocycles. The Balaban J connectivity index is 1.97. The second-order valence-electron chi connectivity index (χ2n) is 4.41. The smallest absolute Gasteiger partial charge is 0.141 e. The molecule has 2 bridgehead atoms. The Labute approximate surface area is 100 Å². The zero-order chi connectivity index (χ0) is 10.7. The topological polar surface area (TPSA) is 20.3 Å². The molecule has 1 saturated carbocycles. The maximum Gasteiger partial charge on any atom is 0.141 e. The fourth-order valence-electron chi connectivity index (χ4n) is 2.59. The van der Waals surface area contributed by atoms with Gasteiger partial charge in [0.1, 0.15) is 10.3 Å². The highest BCUT2D eigenvalue weighted by Gasteiger charge is 2.30. The minimum Gasteiger partial charge on any atom is -0.357 e. The fraction of sp³-hybridized carbons (Fsp3) is 0.727. The van der Waals surface area contributed by atoms with Crippen LogP contribution in [0.1, 0.15) is 25.7 Å². The quantitative estimate of drug-likeness (QED) is 0.519. The van der Waals surface area contributed by atoms with Crippen molar-refractivity contribution < 1.29 is 4.79 Å². The zero-order valence-electron chi connectivity index (χ0n) is 8.65. The molecule has 0 aromatic heterocycles. The lowest BCUT2D eigenvalue weighted by molar-refractivity contribution is 0.326.